The molecule has 0 saturated heterocycles. The molecule has 0 saturated carbocycles. The summed E-state index contributed by atoms with van der Waals surface area (Å²) in [6, 6.07) is 12.1. The van der Waals surface area contributed by atoms with Crippen molar-refractivity contribution in [3.8, 4) is 0 Å². The Kier molecular flexibility index (Phi) is 4.55. The standard InChI is InChI=1S/C16H15BrFNO/c1-10-3-4-13(9-15(10)18)16(20)19-11(2)12-5-7-14(17)8-6-12/h3-9,11H,1-2H3,(H,19,20)/t11-/m1/s1. The number of hydrogen-bond acceptors (Lipinski definition) is 1. The fourth-order valence-electron chi connectivity index (χ4n) is 1.85. The predicted octanol–water partition coefficient (Wildman–Crippen LogP) is 4.39. The third kappa shape index (κ3) is 3.45. The molecular formula is C16H15BrFNO. The van der Waals surface area contributed by atoms with Crippen LogP contribution in [-0.4, -0.2) is 5.91 Å². The third-order valence-electron chi connectivity index (χ3n) is 3.15. The Morgan fingerprint density at radius 1 is 1.20 bits per heavy atom. The van der Waals surface area contributed by atoms with Gasteiger partial charge in [0, 0.05) is 10.0 Å². The summed E-state index contributed by atoms with van der Waals surface area (Å²) in [6.45, 7) is 3.56. The number of amides is 1. The van der Waals surface area contributed by atoms with Crippen molar-refractivity contribution in [2.45, 2.75) is 19.9 Å². The molecule has 0 aliphatic carbocycles. The van der Waals surface area contributed by atoms with Gasteiger partial charge in [0.15, 0.2) is 0 Å². The van der Waals surface area contributed by atoms with Crippen LogP contribution in [0.5, 0.6) is 0 Å². The van der Waals surface area contributed by atoms with E-state index in [2.05, 4.69) is 21.2 Å². The van der Waals surface area contributed by atoms with Crippen molar-refractivity contribution in [1.29, 1.82) is 0 Å². The van der Waals surface area contributed by atoms with E-state index in [1.54, 1.807) is 19.1 Å². The van der Waals surface area contributed by atoms with Gasteiger partial charge in [0.25, 0.3) is 5.91 Å². The number of hydrogen-bond donors (Lipinski definition) is 1. The van der Waals surface area contributed by atoms with E-state index < -0.39 is 0 Å². The molecule has 2 nitrogen and oxygen atoms in total. The Morgan fingerprint density at radius 2 is 1.85 bits per heavy atom. The van der Waals surface area contributed by atoms with Crippen LogP contribution in [0, 0.1) is 12.7 Å². The Morgan fingerprint density at radius 3 is 2.45 bits per heavy atom. The van der Waals surface area contributed by atoms with Crippen molar-refractivity contribution in [2.24, 2.45) is 0 Å². The molecule has 0 fully saturated rings. The minimum absolute atomic E-state index is 0.139. The van der Waals surface area contributed by atoms with Gasteiger partial charge in [-0.15, -0.1) is 0 Å². The summed E-state index contributed by atoms with van der Waals surface area (Å²) >= 11 is 3.37. The van der Waals surface area contributed by atoms with Gasteiger partial charge in [-0.25, -0.2) is 4.39 Å². The average Bonchev–Trinajstić information content (AvgIpc) is 2.42. The largest absolute Gasteiger partial charge is 0.346 e. The number of rotatable bonds is 3. The van der Waals surface area contributed by atoms with Crippen LogP contribution < -0.4 is 5.32 Å². The summed E-state index contributed by atoms with van der Waals surface area (Å²) in [5, 5.41) is 2.86. The van der Waals surface area contributed by atoms with Crippen molar-refractivity contribution in [1.82, 2.24) is 5.32 Å². The molecule has 0 aliphatic heterocycles. The first-order valence-corrected chi connectivity index (χ1v) is 7.09. The van der Waals surface area contributed by atoms with Crippen molar-refractivity contribution in [3.05, 3.63) is 69.4 Å². The molecule has 0 heterocycles. The van der Waals surface area contributed by atoms with Crippen molar-refractivity contribution < 1.29 is 9.18 Å². The van der Waals surface area contributed by atoms with Crippen LogP contribution in [0.4, 0.5) is 4.39 Å². The molecule has 1 N–H and O–H groups in total. The van der Waals surface area contributed by atoms with E-state index in [1.165, 1.54) is 6.07 Å². The van der Waals surface area contributed by atoms with Crippen LogP contribution in [0.2, 0.25) is 0 Å². The molecule has 1 atom stereocenters. The minimum atomic E-state index is -0.367. The zero-order valence-electron chi connectivity index (χ0n) is 11.3. The van der Waals surface area contributed by atoms with Crippen LogP contribution in [0.15, 0.2) is 46.9 Å². The van der Waals surface area contributed by atoms with Gasteiger partial charge in [-0.2, -0.15) is 0 Å². The van der Waals surface area contributed by atoms with Crippen LogP contribution in [-0.2, 0) is 0 Å². The average molecular weight is 336 g/mol. The minimum Gasteiger partial charge on any atom is -0.346 e. The summed E-state index contributed by atoms with van der Waals surface area (Å²) in [6.07, 6.45) is 0. The first-order valence-electron chi connectivity index (χ1n) is 6.30. The summed E-state index contributed by atoms with van der Waals surface area (Å²) in [4.78, 5) is 12.1. The zero-order chi connectivity index (χ0) is 14.7. The summed E-state index contributed by atoms with van der Waals surface area (Å²) in [5.41, 5.74) is 1.86. The van der Waals surface area contributed by atoms with Gasteiger partial charge < -0.3 is 5.32 Å². The summed E-state index contributed by atoms with van der Waals surface area (Å²) < 4.78 is 14.4. The normalized spacial score (nSPS) is 12.0. The highest BCUT2D eigenvalue weighted by Gasteiger charge is 2.12. The van der Waals surface area contributed by atoms with Gasteiger partial charge in [0.2, 0.25) is 0 Å². The maximum absolute atomic E-state index is 13.5. The number of carbonyl (C=O) groups is 1. The van der Waals surface area contributed by atoms with Crippen LogP contribution in [0.25, 0.3) is 0 Å². The topological polar surface area (TPSA) is 29.1 Å². The first-order chi connectivity index (χ1) is 9.47. The lowest BCUT2D eigenvalue weighted by Gasteiger charge is -2.14. The molecule has 0 unspecified atom stereocenters. The van der Waals surface area contributed by atoms with Gasteiger partial charge in [0.1, 0.15) is 5.82 Å². The molecule has 2 aromatic carbocycles. The molecule has 4 heteroatoms. The SMILES string of the molecule is Cc1ccc(C(=O)N[C@H](C)c2ccc(Br)cc2)cc1F. The van der Waals surface area contributed by atoms with E-state index in [0.29, 0.717) is 11.1 Å². The maximum Gasteiger partial charge on any atom is 0.251 e. The molecule has 0 aromatic heterocycles. The summed E-state index contributed by atoms with van der Waals surface area (Å²) in [5.74, 6) is -0.645. The molecular weight excluding hydrogens is 321 g/mol. The number of nitrogens with one attached hydrogen (secondary N) is 1. The highest BCUT2D eigenvalue weighted by atomic mass is 79.9. The van der Waals surface area contributed by atoms with Gasteiger partial charge in [-0.3, -0.25) is 4.79 Å². The van der Waals surface area contributed by atoms with E-state index in [9.17, 15) is 9.18 Å². The Bertz CT molecular complexity index is 625. The van der Waals surface area contributed by atoms with E-state index in [-0.39, 0.29) is 17.8 Å². The molecule has 2 aromatic rings. The van der Waals surface area contributed by atoms with Crippen LogP contribution in [0.1, 0.15) is 34.5 Å². The first kappa shape index (κ1) is 14.7. The number of aryl methyl sites for hydroxylation is 1. The molecule has 1 amide bonds. The second-order valence-electron chi connectivity index (χ2n) is 4.71. The number of benzene rings is 2. The Hall–Kier alpha value is -1.68. The Balaban J connectivity index is 2.10. The van der Waals surface area contributed by atoms with Crippen LogP contribution >= 0.6 is 15.9 Å². The van der Waals surface area contributed by atoms with E-state index in [1.807, 2.05) is 31.2 Å². The molecule has 0 aliphatic rings. The molecule has 20 heavy (non-hydrogen) atoms. The van der Waals surface area contributed by atoms with Crippen LogP contribution in [0.3, 0.4) is 0 Å². The van der Waals surface area contributed by atoms with Crippen molar-refractivity contribution in [3.63, 3.8) is 0 Å². The smallest absolute Gasteiger partial charge is 0.251 e. The monoisotopic (exact) mass is 335 g/mol. The number of halogens is 2. The van der Waals surface area contributed by atoms with Crippen molar-refractivity contribution in [2.75, 3.05) is 0 Å². The molecule has 0 spiro atoms. The lowest BCUT2D eigenvalue weighted by Crippen LogP contribution is -2.26. The molecule has 104 valence electrons. The lowest BCUT2D eigenvalue weighted by atomic mass is 10.1. The van der Waals surface area contributed by atoms with E-state index >= 15 is 0 Å². The quantitative estimate of drug-likeness (QED) is 0.885. The highest BCUT2D eigenvalue weighted by molar-refractivity contribution is 9.10. The highest BCUT2D eigenvalue weighted by Crippen LogP contribution is 2.17. The fraction of sp³-hybridized carbons (Fsp3) is 0.188. The molecule has 0 bridgehead atoms. The number of carbonyl (C=O) groups excluding carboxylic acids is 1. The zero-order valence-corrected chi connectivity index (χ0v) is 12.9. The van der Waals surface area contributed by atoms with Gasteiger partial charge in [-0.05, 0) is 49.2 Å². The lowest BCUT2D eigenvalue weighted by molar-refractivity contribution is 0.0939. The van der Waals surface area contributed by atoms with Gasteiger partial charge >= 0.3 is 0 Å². The molecule has 2 rings (SSSR count). The maximum atomic E-state index is 13.5. The van der Waals surface area contributed by atoms with Crippen molar-refractivity contribution >= 4 is 21.8 Å². The van der Waals surface area contributed by atoms with E-state index in [4.69, 9.17) is 0 Å². The fourth-order valence-corrected chi connectivity index (χ4v) is 2.11. The second kappa shape index (κ2) is 6.18. The second-order valence-corrected chi connectivity index (χ2v) is 5.63. The van der Waals surface area contributed by atoms with Gasteiger partial charge in [-0.1, -0.05) is 34.1 Å². The van der Waals surface area contributed by atoms with E-state index in [0.717, 1.165) is 10.0 Å². The van der Waals surface area contributed by atoms with Gasteiger partial charge in [0.05, 0.1) is 6.04 Å². The Labute approximate surface area is 126 Å². The summed E-state index contributed by atoms with van der Waals surface area (Å²) in [7, 11) is 0. The molecule has 0 radical (unpaired) electrons. The predicted molar refractivity (Wildman–Crippen MR) is 81.2 cm³/mol. The third-order valence-corrected chi connectivity index (χ3v) is 3.68.